The molecule has 2 aromatic rings. The van der Waals surface area contributed by atoms with Gasteiger partial charge in [-0.05, 0) is 38.3 Å². The molecule has 0 spiro atoms. The van der Waals surface area contributed by atoms with E-state index in [-0.39, 0.29) is 0 Å². The van der Waals surface area contributed by atoms with Crippen molar-refractivity contribution >= 4 is 17.2 Å². The summed E-state index contributed by atoms with van der Waals surface area (Å²) in [6.07, 6.45) is 1.09. The number of anilines is 1. The molecule has 0 aliphatic carbocycles. The fourth-order valence-electron chi connectivity index (χ4n) is 2.32. The molecule has 0 aliphatic rings. The van der Waals surface area contributed by atoms with E-state index in [2.05, 4.69) is 52.1 Å². The second-order valence-electron chi connectivity index (χ2n) is 5.39. The number of nitrogens with zero attached hydrogens (tertiary/aromatic N) is 2. The van der Waals surface area contributed by atoms with Crippen LogP contribution in [0.2, 0.25) is 0 Å². The van der Waals surface area contributed by atoms with Gasteiger partial charge in [0.2, 0.25) is 0 Å². The maximum Gasteiger partial charge on any atom is 0.171 e. The van der Waals surface area contributed by atoms with Crippen molar-refractivity contribution in [3.63, 3.8) is 0 Å². The summed E-state index contributed by atoms with van der Waals surface area (Å²) in [6, 6.07) is 4.22. The van der Waals surface area contributed by atoms with Crippen LogP contribution in [0, 0.1) is 13.8 Å². The predicted octanol–water partition coefficient (Wildman–Crippen LogP) is 4.77. The van der Waals surface area contributed by atoms with E-state index in [1.54, 1.807) is 11.3 Å². The van der Waals surface area contributed by atoms with E-state index in [1.165, 1.54) is 10.4 Å². The number of nitrogens with one attached hydrogen (secondary N) is 1. The molecular formula is C16H23N3S. The Morgan fingerprint density at radius 2 is 1.95 bits per heavy atom. The number of thiophene rings is 1. The molecule has 0 unspecified atom stereocenters. The van der Waals surface area contributed by atoms with E-state index in [1.807, 2.05) is 0 Å². The van der Waals surface area contributed by atoms with E-state index >= 15 is 0 Å². The van der Waals surface area contributed by atoms with Crippen LogP contribution in [0.5, 0.6) is 0 Å². The summed E-state index contributed by atoms with van der Waals surface area (Å²) in [6.45, 7) is 11.7. The Hall–Kier alpha value is -1.42. The molecule has 0 aromatic carbocycles. The third-order valence-corrected chi connectivity index (χ3v) is 4.21. The summed E-state index contributed by atoms with van der Waals surface area (Å²) in [5.41, 5.74) is 2.31. The quantitative estimate of drug-likeness (QED) is 0.861. The highest BCUT2D eigenvalue weighted by molar-refractivity contribution is 7.15. The van der Waals surface area contributed by atoms with Crippen LogP contribution in [0.3, 0.4) is 0 Å². The lowest BCUT2D eigenvalue weighted by atomic mass is 10.0. The topological polar surface area (TPSA) is 37.8 Å². The minimum absolute atomic E-state index is 0.425. The standard InChI is InChI=1S/C16H23N3S/c1-6-9-17-16-14(10(2)3)12(5)18-15(19-16)13-8-7-11(4)20-13/h7-8,10H,6,9H2,1-5H3,(H,17,18,19). The van der Waals surface area contributed by atoms with Gasteiger partial charge in [-0.15, -0.1) is 11.3 Å². The van der Waals surface area contributed by atoms with Gasteiger partial charge in [-0.25, -0.2) is 9.97 Å². The lowest BCUT2D eigenvalue weighted by molar-refractivity contribution is 0.827. The molecular weight excluding hydrogens is 266 g/mol. The molecule has 20 heavy (non-hydrogen) atoms. The smallest absolute Gasteiger partial charge is 0.171 e. The molecule has 0 bridgehead atoms. The van der Waals surface area contributed by atoms with E-state index in [0.29, 0.717) is 5.92 Å². The number of aromatic nitrogens is 2. The van der Waals surface area contributed by atoms with Gasteiger partial charge in [0, 0.05) is 22.7 Å². The average Bonchev–Trinajstić information content (AvgIpc) is 2.81. The second-order valence-corrected chi connectivity index (χ2v) is 6.67. The van der Waals surface area contributed by atoms with Crippen LogP contribution in [0.4, 0.5) is 5.82 Å². The molecule has 1 N–H and O–H groups in total. The summed E-state index contributed by atoms with van der Waals surface area (Å²) in [4.78, 5) is 11.9. The van der Waals surface area contributed by atoms with Gasteiger partial charge in [0.25, 0.3) is 0 Å². The number of aryl methyl sites for hydroxylation is 2. The summed E-state index contributed by atoms with van der Waals surface area (Å²) < 4.78 is 0. The molecule has 0 amide bonds. The maximum absolute atomic E-state index is 4.76. The first-order chi connectivity index (χ1) is 9.52. The first-order valence-corrected chi connectivity index (χ1v) is 8.03. The highest BCUT2D eigenvalue weighted by atomic mass is 32.1. The SMILES string of the molecule is CCCNc1nc(-c2ccc(C)s2)nc(C)c1C(C)C. The summed E-state index contributed by atoms with van der Waals surface area (Å²) >= 11 is 1.74. The average molecular weight is 289 g/mol. The Morgan fingerprint density at radius 1 is 1.20 bits per heavy atom. The highest BCUT2D eigenvalue weighted by Crippen LogP contribution is 2.30. The highest BCUT2D eigenvalue weighted by Gasteiger charge is 2.16. The Labute approximate surface area is 125 Å². The van der Waals surface area contributed by atoms with E-state index in [9.17, 15) is 0 Å². The van der Waals surface area contributed by atoms with Gasteiger partial charge in [-0.1, -0.05) is 20.8 Å². The van der Waals surface area contributed by atoms with E-state index in [0.717, 1.165) is 35.2 Å². The minimum atomic E-state index is 0.425. The molecule has 0 fully saturated rings. The lowest BCUT2D eigenvalue weighted by Crippen LogP contribution is -2.10. The van der Waals surface area contributed by atoms with Crippen LogP contribution in [0.25, 0.3) is 10.7 Å². The summed E-state index contributed by atoms with van der Waals surface area (Å²) in [5, 5.41) is 3.46. The molecule has 2 rings (SSSR count). The Kier molecular flexibility index (Phi) is 4.76. The lowest BCUT2D eigenvalue weighted by Gasteiger charge is -2.16. The van der Waals surface area contributed by atoms with Gasteiger partial charge >= 0.3 is 0 Å². The van der Waals surface area contributed by atoms with Crippen molar-refractivity contribution in [3.05, 3.63) is 28.3 Å². The fraction of sp³-hybridized carbons (Fsp3) is 0.500. The van der Waals surface area contributed by atoms with E-state index in [4.69, 9.17) is 9.97 Å². The van der Waals surface area contributed by atoms with Crippen molar-refractivity contribution in [1.29, 1.82) is 0 Å². The van der Waals surface area contributed by atoms with Crippen molar-refractivity contribution in [2.24, 2.45) is 0 Å². The van der Waals surface area contributed by atoms with Crippen molar-refractivity contribution < 1.29 is 0 Å². The summed E-state index contributed by atoms with van der Waals surface area (Å²) in [5.74, 6) is 2.26. The molecule has 4 heteroatoms. The van der Waals surface area contributed by atoms with Gasteiger partial charge in [0.1, 0.15) is 5.82 Å². The van der Waals surface area contributed by atoms with Gasteiger partial charge in [0.15, 0.2) is 5.82 Å². The molecule has 0 radical (unpaired) electrons. The zero-order chi connectivity index (χ0) is 14.7. The molecule has 0 atom stereocenters. The van der Waals surface area contributed by atoms with Gasteiger partial charge in [-0.2, -0.15) is 0 Å². The van der Waals surface area contributed by atoms with Crippen LogP contribution in [0.1, 0.15) is 49.2 Å². The van der Waals surface area contributed by atoms with Crippen LogP contribution >= 0.6 is 11.3 Å². The molecule has 108 valence electrons. The van der Waals surface area contributed by atoms with Crippen molar-refractivity contribution in [1.82, 2.24) is 9.97 Å². The predicted molar refractivity (Wildman–Crippen MR) is 87.7 cm³/mol. The number of hydrogen-bond acceptors (Lipinski definition) is 4. The Balaban J connectivity index is 2.48. The third-order valence-electron chi connectivity index (χ3n) is 3.22. The maximum atomic E-state index is 4.76. The first kappa shape index (κ1) is 15.0. The molecule has 0 saturated carbocycles. The Bertz CT molecular complexity index is 587. The third kappa shape index (κ3) is 3.18. The normalized spacial score (nSPS) is 11.1. The molecule has 2 aromatic heterocycles. The van der Waals surface area contributed by atoms with Gasteiger partial charge in [-0.3, -0.25) is 0 Å². The fourth-order valence-corrected chi connectivity index (χ4v) is 3.12. The zero-order valence-electron chi connectivity index (χ0n) is 12.9. The zero-order valence-corrected chi connectivity index (χ0v) is 13.8. The minimum Gasteiger partial charge on any atom is -0.370 e. The second kappa shape index (κ2) is 6.35. The number of rotatable bonds is 5. The molecule has 0 aliphatic heterocycles. The van der Waals surface area contributed by atoms with Crippen LogP contribution in [-0.4, -0.2) is 16.5 Å². The van der Waals surface area contributed by atoms with Crippen LogP contribution in [-0.2, 0) is 0 Å². The summed E-state index contributed by atoms with van der Waals surface area (Å²) in [7, 11) is 0. The van der Waals surface area contributed by atoms with Crippen molar-refractivity contribution in [3.8, 4) is 10.7 Å². The van der Waals surface area contributed by atoms with E-state index < -0.39 is 0 Å². The van der Waals surface area contributed by atoms with Gasteiger partial charge < -0.3 is 5.32 Å². The van der Waals surface area contributed by atoms with Crippen LogP contribution < -0.4 is 5.32 Å². The van der Waals surface area contributed by atoms with Gasteiger partial charge in [0.05, 0.1) is 4.88 Å². The molecule has 2 heterocycles. The van der Waals surface area contributed by atoms with Crippen molar-refractivity contribution in [2.75, 3.05) is 11.9 Å². The number of hydrogen-bond donors (Lipinski definition) is 1. The molecule has 3 nitrogen and oxygen atoms in total. The first-order valence-electron chi connectivity index (χ1n) is 7.22. The largest absolute Gasteiger partial charge is 0.370 e. The molecule has 0 saturated heterocycles. The Morgan fingerprint density at radius 3 is 2.50 bits per heavy atom. The van der Waals surface area contributed by atoms with Crippen molar-refractivity contribution in [2.45, 2.75) is 47.0 Å². The monoisotopic (exact) mass is 289 g/mol. The van der Waals surface area contributed by atoms with Crippen LogP contribution in [0.15, 0.2) is 12.1 Å².